The van der Waals surface area contributed by atoms with Crippen LogP contribution in [0, 0.1) is 6.92 Å². The number of nitrogens with one attached hydrogen (secondary N) is 3. The van der Waals surface area contributed by atoms with Crippen molar-refractivity contribution in [3.63, 3.8) is 0 Å². The Morgan fingerprint density at radius 1 is 1.06 bits per heavy atom. The number of rotatable bonds is 4. The van der Waals surface area contributed by atoms with Crippen LogP contribution in [-0.2, 0) is 6.54 Å². The molecule has 0 spiro atoms. The fourth-order valence-corrected chi connectivity index (χ4v) is 4.78. The van der Waals surface area contributed by atoms with E-state index in [2.05, 4.69) is 20.9 Å². The van der Waals surface area contributed by atoms with Gasteiger partial charge in [0.25, 0.3) is 11.8 Å². The van der Waals surface area contributed by atoms with Gasteiger partial charge in [-0.15, -0.1) is 11.3 Å². The van der Waals surface area contributed by atoms with Crippen molar-refractivity contribution < 1.29 is 9.59 Å². The van der Waals surface area contributed by atoms with Crippen molar-refractivity contribution in [2.45, 2.75) is 13.5 Å². The number of amides is 2. The number of para-hydroxylation sites is 1. The number of carbonyl (C=O) groups is 2. The Labute approximate surface area is 192 Å². The smallest absolute Gasteiger partial charge is 0.279 e. The SMILES string of the molecule is Cc1nn(Cc2ccc(Cl)cc2)c2sc(C(=O)NNC(=O)c3c[nH]c4ccccc34)cc12. The van der Waals surface area contributed by atoms with Gasteiger partial charge in [-0.2, -0.15) is 5.10 Å². The zero-order valence-corrected chi connectivity index (χ0v) is 18.6. The molecule has 3 aromatic heterocycles. The van der Waals surface area contributed by atoms with E-state index in [0.717, 1.165) is 32.4 Å². The van der Waals surface area contributed by atoms with Gasteiger partial charge in [0, 0.05) is 27.5 Å². The summed E-state index contributed by atoms with van der Waals surface area (Å²) in [4.78, 5) is 29.7. The van der Waals surface area contributed by atoms with Crippen LogP contribution >= 0.6 is 22.9 Å². The first kappa shape index (κ1) is 20.3. The fraction of sp³-hybridized carbons (Fsp3) is 0.0870. The number of aromatic nitrogens is 3. The number of nitrogens with zero attached hydrogens (tertiary/aromatic N) is 2. The molecule has 9 heteroatoms. The van der Waals surface area contributed by atoms with Crippen LogP contribution in [0.1, 0.15) is 31.3 Å². The predicted molar refractivity (Wildman–Crippen MR) is 126 cm³/mol. The minimum absolute atomic E-state index is 0.378. The van der Waals surface area contributed by atoms with E-state index in [1.807, 2.05) is 60.1 Å². The van der Waals surface area contributed by atoms with Gasteiger partial charge < -0.3 is 4.98 Å². The van der Waals surface area contributed by atoms with Crippen molar-refractivity contribution in [1.82, 2.24) is 25.6 Å². The predicted octanol–water partition coefficient (Wildman–Crippen LogP) is 4.66. The van der Waals surface area contributed by atoms with Crippen LogP contribution in [0.4, 0.5) is 0 Å². The Hall–Kier alpha value is -3.62. The van der Waals surface area contributed by atoms with Crippen LogP contribution in [0.3, 0.4) is 0 Å². The van der Waals surface area contributed by atoms with Crippen molar-refractivity contribution in [3.8, 4) is 0 Å². The number of carbonyl (C=O) groups excluding carboxylic acids is 2. The highest BCUT2D eigenvalue weighted by Crippen LogP contribution is 2.29. The Balaban J connectivity index is 1.32. The van der Waals surface area contributed by atoms with Crippen LogP contribution in [0.5, 0.6) is 0 Å². The van der Waals surface area contributed by atoms with Crippen molar-refractivity contribution in [2.75, 3.05) is 0 Å². The second-order valence-electron chi connectivity index (χ2n) is 7.36. The van der Waals surface area contributed by atoms with Gasteiger partial charge in [0.2, 0.25) is 0 Å². The first-order valence-electron chi connectivity index (χ1n) is 9.88. The quantitative estimate of drug-likeness (QED) is 0.338. The normalized spacial score (nSPS) is 11.2. The van der Waals surface area contributed by atoms with Gasteiger partial charge >= 0.3 is 0 Å². The molecule has 0 saturated carbocycles. The highest BCUT2D eigenvalue weighted by molar-refractivity contribution is 7.20. The first-order valence-corrected chi connectivity index (χ1v) is 11.1. The third-order valence-electron chi connectivity index (χ3n) is 5.20. The molecule has 5 rings (SSSR count). The van der Waals surface area contributed by atoms with Gasteiger partial charge in [-0.25, -0.2) is 0 Å². The lowest BCUT2D eigenvalue weighted by atomic mass is 10.2. The summed E-state index contributed by atoms with van der Waals surface area (Å²) in [6.07, 6.45) is 1.63. The van der Waals surface area contributed by atoms with Crippen LogP contribution < -0.4 is 10.9 Å². The topological polar surface area (TPSA) is 91.8 Å². The number of thiophene rings is 1. The molecule has 2 aromatic carbocycles. The monoisotopic (exact) mass is 463 g/mol. The van der Waals surface area contributed by atoms with Gasteiger partial charge in [0.15, 0.2) is 0 Å². The van der Waals surface area contributed by atoms with Crippen molar-refractivity contribution in [1.29, 1.82) is 0 Å². The molecule has 3 heterocycles. The number of hydrogen-bond donors (Lipinski definition) is 3. The van der Waals surface area contributed by atoms with E-state index >= 15 is 0 Å². The minimum Gasteiger partial charge on any atom is -0.360 e. The summed E-state index contributed by atoms with van der Waals surface area (Å²) in [6, 6.07) is 16.9. The van der Waals surface area contributed by atoms with E-state index in [1.165, 1.54) is 11.3 Å². The summed E-state index contributed by atoms with van der Waals surface area (Å²) in [7, 11) is 0. The van der Waals surface area contributed by atoms with Crippen LogP contribution in [-0.4, -0.2) is 26.6 Å². The molecule has 0 aliphatic heterocycles. The highest BCUT2D eigenvalue weighted by Gasteiger charge is 2.18. The average Bonchev–Trinajstić information content (AvgIpc) is 3.49. The van der Waals surface area contributed by atoms with E-state index in [9.17, 15) is 9.59 Å². The molecule has 0 fully saturated rings. The second-order valence-corrected chi connectivity index (χ2v) is 8.82. The summed E-state index contributed by atoms with van der Waals surface area (Å²) in [6.45, 7) is 2.48. The number of halogens is 1. The van der Waals surface area contributed by atoms with E-state index in [1.54, 1.807) is 12.3 Å². The average molecular weight is 464 g/mol. The van der Waals surface area contributed by atoms with Gasteiger partial charge in [-0.1, -0.05) is 41.9 Å². The van der Waals surface area contributed by atoms with Crippen molar-refractivity contribution in [2.24, 2.45) is 0 Å². The van der Waals surface area contributed by atoms with Gasteiger partial charge in [0.1, 0.15) is 4.83 Å². The van der Waals surface area contributed by atoms with Gasteiger partial charge in [-0.3, -0.25) is 25.1 Å². The molecule has 0 radical (unpaired) electrons. The molecular formula is C23H18ClN5O2S. The van der Waals surface area contributed by atoms with E-state index in [0.29, 0.717) is 22.0 Å². The molecule has 0 unspecified atom stereocenters. The lowest BCUT2D eigenvalue weighted by Crippen LogP contribution is -2.41. The van der Waals surface area contributed by atoms with Crippen molar-refractivity contribution >= 4 is 55.9 Å². The second kappa shape index (κ2) is 8.14. The molecule has 5 aromatic rings. The molecule has 32 heavy (non-hydrogen) atoms. The van der Waals surface area contributed by atoms with Crippen LogP contribution in [0.25, 0.3) is 21.1 Å². The maximum atomic E-state index is 12.7. The molecule has 2 amide bonds. The summed E-state index contributed by atoms with van der Waals surface area (Å²) in [5.41, 5.74) is 8.23. The molecule has 7 nitrogen and oxygen atoms in total. The number of hydrazine groups is 1. The van der Waals surface area contributed by atoms with Crippen LogP contribution in [0.15, 0.2) is 60.8 Å². The third kappa shape index (κ3) is 3.74. The van der Waals surface area contributed by atoms with Crippen LogP contribution in [0.2, 0.25) is 5.02 Å². The Bertz CT molecular complexity index is 1470. The van der Waals surface area contributed by atoms with Gasteiger partial charge in [-0.05, 0) is 36.8 Å². The Kier molecular flexibility index (Phi) is 5.16. The summed E-state index contributed by atoms with van der Waals surface area (Å²) >= 11 is 7.30. The van der Waals surface area contributed by atoms with E-state index in [-0.39, 0.29) is 11.8 Å². The molecule has 0 aliphatic rings. The summed E-state index contributed by atoms with van der Waals surface area (Å²) in [5, 5.41) is 6.98. The number of hydrogen-bond acceptors (Lipinski definition) is 4. The maximum Gasteiger partial charge on any atom is 0.279 e. The summed E-state index contributed by atoms with van der Waals surface area (Å²) in [5.74, 6) is -0.765. The zero-order valence-electron chi connectivity index (χ0n) is 17.0. The minimum atomic E-state index is -0.387. The lowest BCUT2D eigenvalue weighted by Gasteiger charge is -2.06. The molecule has 3 N–H and O–H groups in total. The number of H-pyrrole nitrogens is 1. The molecule has 0 atom stereocenters. The van der Waals surface area contributed by atoms with Gasteiger partial charge in [0.05, 0.1) is 22.7 Å². The Morgan fingerprint density at radius 2 is 1.81 bits per heavy atom. The standard InChI is InChI=1S/C23H18ClN5O2S/c1-13-17-10-20(32-23(17)29(28-13)12-14-6-8-15(24)9-7-14)22(31)27-26-21(30)18-11-25-19-5-3-2-4-16(18)19/h2-11,25H,12H2,1H3,(H,26,30)(H,27,31). The first-order chi connectivity index (χ1) is 15.5. The molecule has 0 saturated heterocycles. The lowest BCUT2D eigenvalue weighted by molar-refractivity contribution is 0.0850. The molecule has 0 bridgehead atoms. The fourth-order valence-electron chi connectivity index (χ4n) is 3.60. The number of fused-ring (bicyclic) bond motifs is 2. The van der Waals surface area contributed by atoms with E-state index < -0.39 is 0 Å². The number of aromatic amines is 1. The molecule has 0 aliphatic carbocycles. The summed E-state index contributed by atoms with van der Waals surface area (Å²) < 4.78 is 1.87. The maximum absolute atomic E-state index is 12.7. The largest absolute Gasteiger partial charge is 0.360 e. The Morgan fingerprint density at radius 3 is 2.62 bits per heavy atom. The zero-order chi connectivity index (χ0) is 22.2. The number of aryl methyl sites for hydroxylation is 1. The number of benzene rings is 2. The highest BCUT2D eigenvalue weighted by atomic mass is 35.5. The molecular weight excluding hydrogens is 446 g/mol. The van der Waals surface area contributed by atoms with E-state index in [4.69, 9.17) is 11.6 Å². The van der Waals surface area contributed by atoms with Crippen molar-refractivity contribution in [3.05, 3.63) is 87.5 Å². The molecule has 160 valence electrons. The third-order valence-corrected chi connectivity index (χ3v) is 6.60.